The molecule has 0 fully saturated rings. The van der Waals surface area contributed by atoms with Gasteiger partial charge in [0.15, 0.2) is 0 Å². The number of likely N-dealkylation sites (N-methyl/N-ethyl adjacent to an activating group) is 1. The molecule has 1 heterocycles. The minimum Gasteiger partial charge on any atom is -0.466 e. The van der Waals surface area contributed by atoms with Crippen LogP contribution in [0.4, 0.5) is 5.69 Å². The van der Waals surface area contributed by atoms with E-state index in [1.54, 1.807) is 19.9 Å². The number of carbonyl (C=O) groups is 2. The Hall–Kier alpha value is -4.47. The zero-order valence-electron chi connectivity index (χ0n) is 24.8. The lowest BCUT2D eigenvalue weighted by atomic mass is 9.80. The minimum absolute atomic E-state index is 0. The molecule has 9 nitrogen and oxygen atoms in total. The van der Waals surface area contributed by atoms with E-state index < -0.39 is 28.9 Å². The zero-order valence-corrected chi connectivity index (χ0v) is 25.6. The van der Waals surface area contributed by atoms with Crippen molar-refractivity contribution in [2.75, 3.05) is 20.7 Å². The van der Waals surface area contributed by atoms with Crippen LogP contribution in [-0.4, -0.2) is 42.5 Å². The van der Waals surface area contributed by atoms with Gasteiger partial charge in [0.05, 0.1) is 29.1 Å². The highest BCUT2D eigenvalue weighted by atomic mass is 35.5. The van der Waals surface area contributed by atoms with Gasteiger partial charge in [0, 0.05) is 36.6 Å². The molecule has 2 atom stereocenters. The average molecular weight is 606 g/mol. The number of aryl methyl sites for hydroxylation is 1. The molecule has 0 bridgehead atoms. The number of benzene rings is 3. The van der Waals surface area contributed by atoms with Crippen molar-refractivity contribution in [1.29, 1.82) is 0 Å². The zero-order chi connectivity index (χ0) is 30.4. The van der Waals surface area contributed by atoms with Gasteiger partial charge in [-0.25, -0.2) is 9.59 Å². The lowest BCUT2D eigenvalue weighted by Crippen LogP contribution is -2.34. The highest BCUT2D eigenvalue weighted by Crippen LogP contribution is 2.41. The number of methoxy groups -OCH3 is 1. The van der Waals surface area contributed by atoms with E-state index in [0.29, 0.717) is 30.0 Å². The average Bonchev–Trinajstić information content (AvgIpc) is 2.97. The summed E-state index contributed by atoms with van der Waals surface area (Å²) in [5, 5.41) is 14.7. The quantitative estimate of drug-likeness (QED) is 0.166. The Morgan fingerprint density at radius 3 is 2.16 bits per heavy atom. The fourth-order valence-electron chi connectivity index (χ4n) is 5.22. The molecule has 10 heteroatoms. The number of esters is 2. The van der Waals surface area contributed by atoms with Crippen LogP contribution in [0.25, 0.3) is 0 Å². The molecule has 1 N–H and O–H groups in total. The molecule has 3 aromatic rings. The molecule has 0 radical (unpaired) electrons. The minimum atomic E-state index is -0.938. The van der Waals surface area contributed by atoms with Gasteiger partial charge >= 0.3 is 11.9 Å². The molecule has 0 aromatic heterocycles. The molecule has 3 aromatic carbocycles. The Balaban J connectivity index is 0.00000506. The number of nitro benzene ring substituents is 1. The van der Waals surface area contributed by atoms with E-state index in [-0.39, 0.29) is 29.2 Å². The summed E-state index contributed by atoms with van der Waals surface area (Å²) >= 11 is 0. The molecule has 43 heavy (non-hydrogen) atoms. The number of nitro groups is 1. The van der Waals surface area contributed by atoms with E-state index in [9.17, 15) is 19.7 Å². The first kappa shape index (κ1) is 33.0. The summed E-state index contributed by atoms with van der Waals surface area (Å²) in [5.74, 6) is -2.22. The van der Waals surface area contributed by atoms with Crippen LogP contribution in [0, 0.1) is 17.0 Å². The Morgan fingerprint density at radius 2 is 1.56 bits per heavy atom. The van der Waals surface area contributed by atoms with Gasteiger partial charge in [0.25, 0.3) is 5.69 Å². The summed E-state index contributed by atoms with van der Waals surface area (Å²) in [7, 11) is 3.22. The smallest absolute Gasteiger partial charge is 0.337 e. The van der Waals surface area contributed by atoms with Gasteiger partial charge in [-0.05, 0) is 44.5 Å². The van der Waals surface area contributed by atoms with Crippen LogP contribution in [-0.2, 0) is 25.6 Å². The number of rotatable bonds is 10. The second-order valence-corrected chi connectivity index (χ2v) is 10.5. The lowest BCUT2D eigenvalue weighted by molar-refractivity contribution is -0.384. The maximum absolute atomic E-state index is 14.1. The molecule has 0 amide bonds. The van der Waals surface area contributed by atoms with Crippen molar-refractivity contribution in [3.8, 4) is 0 Å². The molecule has 2 unspecified atom stereocenters. The van der Waals surface area contributed by atoms with Crippen molar-refractivity contribution in [1.82, 2.24) is 10.2 Å². The third kappa shape index (κ3) is 7.88. The number of hydrogen-bond acceptors (Lipinski definition) is 8. The van der Waals surface area contributed by atoms with Crippen LogP contribution in [0.2, 0.25) is 0 Å². The molecule has 4 rings (SSSR count). The van der Waals surface area contributed by atoms with Crippen LogP contribution in [0.5, 0.6) is 0 Å². The van der Waals surface area contributed by atoms with Crippen molar-refractivity contribution in [2.45, 2.75) is 39.3 Å². The summed E-state index contributed by atoms with van der Waals surface area (Å²) in [6.07, 6.45) is -0.633. The third-order valence-corrected chi connectivity index (χ3v) is 7.27. The summed E-state index contributed by atoms with van der Waals surface area (Å²) < 4.78 is 11.3. The number of non-ortho nitro benzene ring substituents is 1. The van der Waals surface area contributed by atoms with Crippen molar-refractivity contribution >= 4 is 30.0 Å². The number of carbonyl (C=O) groups excluding carboxylic acids is 2. The second-order valence-electron chi connectivity index (χ2n) is 10.5. The van der Waals surface area contributed by atoms with E-state index in [1.807, 2.05) is 68.6 Å². The van der Waals surface area contributed by atoms with Crippen LogP contribution in [0.1, 0.15) is 48.1 Å². The maximum atomic E-state index is 14.1. The number of allylic oxidation sites excluding steroid dienone is 2. The molecule has 0 aliphatic carbocycles. The van der Waals surface area contributed by atoms with E-state index in [2.05, 4.69) is 10.2 Å². The number of nitrogens with one attached hydrogen (secondary N) is 1. The molecule has 226 valence electrons. The molecular formula is C33H36ClN3O6. The van der Waals surface area contributed by atoms with Crippen molar-refractivity contribution in [2.24, 2.45) is 0 Å². The first-order valence-electron chi connectivity index (χ1n) is 13.6. The van der Waals surface area contributed by atoms with Crippen LogP contribution in [0.3, 0.4) is 0 Å². The van der Waals surface area contributed by atoms with Gasteiger partial charge in [-0.3, -0.25) is 15.0 Å². The maximum Gasteiger partial charge on any atom is 0.337 e. The van der Waals surface area contributed by atoms with Gasteiger partial charge in [-0.15, -0.1) is 12.4 Å². The summed E-state index contributed by atoms with van der Waals surface area (Å²) in [6.45, 7) is 6.47. The SMILES string of the molecule is COC(=O)C1=C(C)NC(C)=C(C(=O)OC(CN(C)Cc2ccccc2)c2ccc(C)cc2)C1c1cccc([N+](=O)[O-])c1.Cl. The Labute approximate surface area is 257 Å². The first-order chi connectivity index (χ1) is 20.1. The van der Waals surface area contributed by atoms with Gasteiger partial charge in [0.1, 0.15) is 6.10 Å². The monoisotopic (exact) mass is 605 g/mol. The number of ether oxygens (including phenoxy) is 2. The Morgan fingerprint density at radius 1 is 0.930 bits per heavy atom. The fourth-order valence-corrected chi connectivity index (χ4v) is 5.22. The first-order valence-corrected chi connectivity index (χ1v) is 13.6. The van der Waals surface area contributed by atoms with Gasteiger partial charge in [0.2, 0.25) is 0 Å². The highest BCUT2D eigenvalue weighted by molar-refractivity contribution is 6.00. The molecule has 1 aliphatic heterocycles. The topological polar surface area (TPSA) is 111 Å². The van der Waals surface area contributed by atoms with Crippen LogP contribution in [0.15, 0.2) is 101 Å². The molecule has 0 saturated heterocycles. The number of hydrogen-bond donors (Lipinski definition) is 1. The summed E-state index contributed by atoms with van der Waals surface area (Å²) in [6, 6.07) is 23.7. The number of halogens is 1. The highest BCUT2D eigenvalue weighted by Gasteiger charge is 2.39. The van der Waals surface area contributed by atoms with E-state index >= 15 is 0 Å². The summed E-state index contributed by atoms with van der Waals surface area (Å²) in [4.78, 5) is 40.3. The van der Waals surface area contributed by atoms with Crippen LogP contribution < -0.4 is 5.32 Å². The Kier molecular flexibility index (Phi) is 11.2. The van der Waals surface area contributed by atoms with Crippen LogP contribution >= 0.6 is 12.4 Å². The largest absolute Gasteiger partial charge is 0.466 e. The molecule has 1 aliphatic rings. The van der Waals surface area contributed by atoms with Crippen molar-refractivity contribution < 1.29 is 24.0 Å². The predicted molar refractivity (Wildman–Crippen MR) is 166 cm³/mol. The lowest BCUT2D eigenvalue weighted by Gasteiger charge is -2.32. The van der Waals surface area contributed by atoms with Crippen molar-refractivity contribution in [3.05, 3.63) is 134 Å². The normalized spacial score (nSPS) is 15.3. The van der Waals surface area contributed by atoms with Gasteiger partial charge in [-0.1, -0.05) is 72.3 Å². The molecule has 0 saturated carbocycles. The van der Waals surface area contributed by atoms with Crippen molar-refractivity contribution in [3.63, 3.8) is 0 Å². The standard InChI is InChI=1S/C33H35N3O6.ClH/c1-21-14-16-25(17-15-21)28(20-35(4)19-24-10-7-6-8-11-24)42-33(38)30-23(3)34-22(2)29(32(37)41-5)31(30)26-12-9-13-27(18-26)36(39)40;/h6-18,28,31,34H,19-20H2,1-5H3;1H. The second kappa shape index (κ2) is 14.6. The Bertz CT molecular complexity index is 1540. The summed E-state index contributed by atoms with van der Waals surface area (Å²) in [5.41, 5.74) is 4.62. The predicted octanol–water partition coefficient (Wildman–Crippen LogP) is 6.15. The molecular weight excluding hydrogens is 570 g/mol. The van der Waals surface area contributed by atoms with E-state index in [0.717, 1.165) is 16.7 Å². The van der Waals surface area contributed by atoms with E-state index in [4.69, 9.17) is 9.47 Å². The van der Waals surface area contributed by atoms with Gasteiger partial charge in [-0.2, -0.15) is 0 Å². The van der Waals surface area contributed by atoms with E-state index in [1.165, 1.54) is 25.3 Å². The number of nitrogens with zero attached hydrogens (tertiary/aromatic N) is 2. The fraction of sp³-hybridized carbons (Fsp3) is 0.273. The molecule has 0 spiro atoms. The third-order valence-electron chi connectivity index (χ3n) is 7.27. The van der Waals surface area contributed by atoms with Gasteiger partial charge < -0.3 is 14.8 Å². The number of dihydropyridines is 1.